The van der Waals surface area contributed by atoms with Crippen LogP contribution in [0.4, 0.5) is 23.2 Å². The summed E-state index contributed by atoms with van der Waals surface area (Å²) >= 11 is 2.57. The van der Waals surface area contributed by atoms with E-state index in [0.717, 1.165) is 6.07 Å². The van der Waals surface area contributed by atoms with Crippen molar-refractivity contribution < 1.29 is 22.5 Å². The van der Waals surface area contributed by atoms with Crippen molar-refractivity contribution in [2.45, 2.75) is 6.18 Å². The van der Waals surface area contributed by atoms with Crippen LogP contribution in [-0.4, -0.2) is 4.92 Å². The first-order chi connectivity index (χ1) is 6.75. The molecule has 0 saturated heterocycles. The minimum Gasteiger partial charge on any atom is -0.258 e. The standard InChI is InChI=1S/C7H2BrF4NO2/c8-3-1-2-4(9)5(7(10,11)12)6(3)13(14)15/h1-2H. The maximum absolute atomic E-state index is 12.8. The molecule has 0 atom stereocenters. The van der Waals surface area contributed by atoms with Crippen LogP contribution < -0.4 is 0 Å². The van der Waals surface area contributed by atoms with E-state index in [4.69, 9.17) is 0 Å². The predicted octanol–water partition coefficient (Wildman–Crippen LogP) is 3.52. The van der Waals surface area contributed by atoms with E-state index < -0.39 is 32.6 Å². The van der Waals surface area contributed by atoms with Crippen molar-refractivity contribution in [2.75, 3.05) is 0 Å². The average Bonchev–Trinajstić information content (AvgIpc) is 2.05. The number of benzene rings is 1. The van der Waals surface area contributed by atoms with Crippen LogP contribution in [0.2, 0.25) is 0 Å². The van der Waals surface area contributed by atoms with E-state index in [1.54, 1.807) is 0 Å². The summed E-state index contributed by atoms with van der Waals surface area (Å²) in [4.78, 5) is 9.07. The smallest absolute Gasteiger partial charge is 0.258 e. The number of hydrogen-bond donors (Lipinski definition) is 0. The van der Waals surface area contributed by atoms with Crippen molar-refractivity contribution in [3.8, 4) is 0 Å². The minimum atomic E-state index is -5.10. The lowest BCUT2D eigenvalue weighted by Crippen LogP contribution is -2.12. The third-order valence-corrected chi connectivity index (χ3v) is 2.18. The Morgan fingerprint density at radius 2 is 1.87 bits per heavy atom. The highest BCUT2D eigenvalue weighted by Crippen LogP contribution is 2.41. The maximum Gasteiger partial charge on any atom is 0.425 e. The molecule has 1 aromatic rings. The van der Waals surface area contributed by atoms with E-state index in [2.05, 4.69) is 15.9 Å². The molecular weight excluding hydrogens is 286 g/mol. The predicted molar refractivity (Wildman–Crippen MR) is 45.8 cm³/mol. The van der Waals surface area contributed by atoms with Crippen LogP contribution in [0, 0.1) is 15.9 Å². The summed E-state index contributed by atoms with van der Waals surface area (Å²) in [6.07, 6.45) is -5.10. The molecule has 0 aliphatic carbocycles. The number of hydrogen-bond acceptors (Lipinski definition) is 2. The maximum atomic E-state index is 12.8. The van der Waals surface area contributed by atoms with Crippen LogP contribution in [0.3, 0.4) is 0 Å². The molecule has 0 fully saturated rings. The second-order valence-corrected chi connectivity index (χ2v) is 3.36. The lowest BCUT2D eigenvalue weighted by atomic mass is 10.1. The first kappa shape index (κ1) is 11.9. The molecule has 0 bridgehead atoms. The SMILES string of the molecule is O=[N+]([O-])c1c(Br)ccc(F)c1C(F)(F)F. The first-order valence-corrected chi connectivity index (χ1v) is 4.24. The summed E-state index contributed by atoms with van der Waals surface area (Å²) in [6.45, 7) is 0. The Morgan fingerprint density at radius 1 is 1.33 bits per heavy atom. The summed E-state index contributed by atoms with van der Waals surface area (Å²) in [7, 11) is 0. The highest BCUT2D eigenvalue weighted by atomic mass is 79.9. The van der Waals surface area contributed by atoms with Gasteiger partial charge in [-0.05, 0) is 28.1 Å². The normalized spacial score (nSPS) is 11.5. The highest BCUT2D eigenvalue weighted by molar-refractivity contribution is 9.10. The first-order valence-electron chi connectivity index (χ1n) is 3.44. The summed E-state index contributed by atoms with van der Waals surface area (Å²) in [6, 6.07) is 1.36. The molecule has 1 rings (SSSR count). The second-order valence-electron chi connectivity index (χ2n) is 2.51. The summed E-state index contributed by atoms with van der Waals surface area (Å²) in [5.41, 5.74) is -3.19. The Morgan fingerprint density at radius 3 is 2.20 bits per heavy atom. The van der Waals surface area contributed by atoms with E-state index in [1.165, 1.54) is 0 Å². The molecule has 0 heterocycles. The Hall–Kier alpha value is -1.18. The molecule has 0 spiro atoms. The van der Waals surface area contributed by atoms with Gasteiger partial charge in [0.1, 0.15) is 5.82 Å². The van der Waals surface area contributed by atoms with Gasteiger partial charge in [0, 0.05) is 0 Å². The molecule has 0 amide bonds. The zero-order chi connectivity index (χ0) is 11.8. The molecule has 0 aliphatic rings. The largest absolute Gasteiger partial charge is 0.425 e. The van der Waals surface area contributed by atoms with Crippen molar-refractivity contribution in [2.24, 2.45) is 0 Å². The number of nitro benzene ring substituents is 1. The van der Waals surface area contributed by atoms with Gasteiger partial charge in [-0.25, -0.2) is 4.39 Å². The lowest BCUT2D eigenvalue weighted by molar-refractivity contribution is -0.389. The van der Waals surface area contributed by atoms with Gasteiger partial charge in [0.25, 0.3) is 5.69 Å². The van der Waals surface area contributed by atoms with Gasteiger partial charge >= 0.3 is 6.18 Å². The summed E-state index contributed by atoms with van der Waals surface area (Å²) in [5.74, 6) is -1.67. The van der Waals surface area contributed by atoms with Gasteiger partial charge in [0.05, 0.1) is 9.40 Å². The zero-order valence-corrected chi connectivity index (χ0v) is 8.39. The van der Waals surface area contributed by atoms with Gasteiger partial charge in [-0.2, -0.15) is 13.2 Å². The van der Waals surface area contributed by atoms with Gasteiger partial charge in [-0.3, -0.25) is 10.1 Å². The molecule has 0 aliphatic heterocycles. The molecule has 8 heteroatoms. The van der Waals surface area contributed by atoms with Crippen LogP contribution in [0.25, 0.3) is 0 Å². The molecule has 82 valence electrons. The topological polar surface area (TPSA) is 43.1 Å². The Bertz CT molecular complexity index is 418. The summed E-state index contributed by atoms with van der Waals surface area (Å²) < 4.78 is 49.3. The Balaban J connectivity index is 3.60. The summed E-state index contributed by atoms with van der Waals surface area (Å²) in [5, 5.41) is 10.4. The molecule has 3 nitrogen and oxygen atoms in total. The zero-order valence-electron chi connectivity index (χ0n) is 6.81. The van der Waals surface area contributed by atoms with Crippen LogP contribution in [0.5, 0.6) is 0 Å². The van der Waals surface area contributed by atoms with Crippen LogP contribution >= 0.6 is 15.9 Å². The Labute approximate surface area is 89.0 Å². The number of rotatable bonds is 1. The minimum absolute atomic E-state index is 0.416. The number of halogens is 5. The van der Waals surface area contributed by atoms with Gasteiger partial charge in [0.2, 0.25) is 0 Å². The molecule has 0 unspecified atom stereocenters. The van der Waals surface area contributed by atoms with Crippen molar-refractivity contribution in [1.82, 2.24) is 0 Å². The number of nitrogens with zero attached hydrogens (tertiary/aromatic N) is 1. The number of nitro groups is 1. The Kier molecular flexibility index (Phi) is 2.98. The molecule has 1 aromatic carbocycles. The third-order valence-electron chi connectivity index (χ3n) is 1.54. The molecule has 0 radical (unpaired) electrons. The van der Waals surface area contributed by atoms with Crippen molar-refractivity contribution in [3.05, 3.63) is 38.1 Å². The van der Waals surface area contributed by atoms with Gasteiger partial charge < -0.3 is 0 Å². The van der Waals surface area contributed by atoms with E-state index in [0.29, 0.717) is 6.07 Å². The van der Waals surface area contributed by atoms with Gasteiger partial charge in [-0.15, -0.1) is 0 Å². The van der Waals surface area contributed by atoms with Crippen LogP contribution in [-0.2, 0) is 6.18 Å². The second kappa shape index (κ2) is 3.76. The highest BCUT2D eigenvalue weighted by Gasteiger charge is 2.42. The number of alkyl halides is 3. The van der Waals surface area contributed by atoms with E-state index >= 15 is 0 Å². The van der Waals surface area contributed by atoms with Gasteiger partial charge in [-0.1, -0.05) is 0 Å². The van der Waals surface area contributed by atoms with Crippen molar-refractivity contribution in [1.29, 1.82) is 0 Å². The monoisotopic (exact) mass is 287 g/mol. The molecule has 0 saturated carbocycles. The fourth-order valence-corrected chi connectivity index (χ4v) is 1.46. The quantitative estimate of drug-likeness (QED) is 0.451. The fourth-order valence-electron chi connectivity index (χ4n) is 0.989. The van der Waals surface area contributed by atoms with Crippen molar-refractivity contribution >= 4 is 21.6 Å². The van der Waals surface area contributed by atoms with Crippen LogP contribution in [0.15, 0.2) is 16.6 Å². The third kappa shape index (κ3) is 2.25. The molecular formula is C7H2BrF4NO2. The van der Waals surface area contributed by atoms with E-state index in [-0.39, 0.29) is 0 Å². The van der Waals surface area contributed by atoms with Crippen molar-refractivity contribution in [3.63, 3.8) is 0 Å². The fraction of sp³-hybridized carbons (Fsp3) is 0.143. The molecule has 0 aromatic heterocycles. The lowest BCUT2D eigenvalue weighted by Gasteiger charge is -2.08. The molecule has 0 N–H and O–H groups in total. The average molecular weight is 288 g/mol. The van der Waals surface area contributed by atoms with Gasteiger partial charge in [0.15, 0.2) is 5.56 Å². The molecule has 15 heavy (non-hydrogen) atoms. The van der Waals surface area contributed by atoms with E-state index in [9.17, 15) is 27.7 Å². The van der Waals surface area contributed by atoms with E-state index in [1.807, 2.05) is 0 Å². The van der Waals surface area contributed by atoms with Crippen LogP contribution in [0.1, 0.15) is 5.56 Å².